The fourth-order valence-corrected chi connectivity index (χ4v) is 6.42. The maximum atomic E-state index is 15.2. The van der Waals surface area contributed by atoms with Gasteiger partial charge in [0, 0.05) is 6.61 Å². The Kier molecular flexibility index (Phi) is 9.33. The minimum atomic E-state index is -0.622. The molecule has 0 N–H and O–H groups in total. The Balaban J connectivity index is 1.31. The smallest absolute Gasteiger partial charge is 0.162 e. The fourth-order valence-electron chi connectivity index (χ4n) is 6.42. The van der Waals surface area contributed by atoms with Crippen LogP contribution in [-0.4, -0.2) is 12.7 Å². The van der Waals surface area contributed by atoms with Crippen molar-refractivity contribution in [3.05, 3.63) is 71.1 Å². The third kappa shape index (κ3) is 6.50. The zero-order valence-corrected chi connectivity index (χ0v) is 21.3. The summed E-state index contributed by atoms with van der Waals surface area (Å²) in [4.78, 5) is 0. The monoisotopic (exact) mass is 486 g/mol. The lowest BCUT2D eigenvalue weighted by atomic mass is 9.76. The summed E-state index contributed by atoms with van der Waals surface area (Å²) in [7, 11) is 0. The first-order chi connectivity index (χ1) is 17.0. The van der Waals surface area contributed by atoms with Gasteiger partial charge in [0.15, 0.2) is 11.6 Å². The Labute approximate surface area is 209 Å². The Bertz CT molecular complexity index is 917. The number of rotatable bonds is 7. The first kappa shape index (κ1) is 26.3. The number of ether oxygens (including phenoxy) is 1. The largest absolute Gasteiger partial charge is 0.371 e. The maximum Gasteiger partial charge on any atom is 0.162 e. The van der Waals surface area contributed by atoms with Gasteiger partial charge in [-0.2, -0.15) is 0 Å². The van der Waals surface area contributed by atoms with Crippen molar-refractivity contribution in [2.24, 2.45) is 17.8 Å². The molecule has 2 atom stereocenters. The van der Waals surface area contributed by atoms with Gasteiger partial charge in [-0.15, -0.1) is 0 Å². The topological polar surface area (TPSA) is 9.23 Å². The van der Waals surface area contributed by atoms with Crippen LogP contribution in [0.4, 0.5) is 13.2 Å². The van der Waals surface area contributed by atoms with Crippen LogP contribution in [0, 0.1) is 29.4 Å². The molecule has 1 nitrogen and oxygen atoms in total. The highest BCUT2D eigenvalue weighted by Gasteiger charge is 2.29. The van der Waals surface area contributed by atoms with E-state index in [4.69, 9.17) is 4.74 Å². The maximum absolute atomic E-state index is 15.2. The van der Waals surface area contributed by atoms with E-state index in [9.17, 15) is 4.39 Å². The third-order valence-electron chi connectivity index (χ3n) is 8.47. The van der Waals surface area contributed by atoms with Crippen molar-refractivity contribution in [2.75, 3.05) is 6.61 Å². The van der Waals surface area contributed by atoms with E-state index < -0.39 is 11.6 Å². The molecule has 192 valence electrons. The van der Waals surface area contributed by atoms with E-state index in [-0.39, 0.29) is 29.7 Å². The molecular formula is C31H41F3O. The molecule has 3 aliphatic rings. The first-order valence-corrected chi connectivity index (χ1v) is 13.8. The Hall–Kier alpha value is -1.81. The van der Waals surface area contributed by atoms with Gasteiger partial charge < -0.3 is 4.74 Å². The van der Waals surface area contributed by atoms with E-state index in [1.807, 2.05) is 26.0 Å². The lowest BCUT2D eigenvalue weighted by molar-refractivity contribution is 0.0581. The van der Waals surface area contributed by atoms with Crippen LogP contribution in [0.15, 0.2) is 48.3 Å². The van der Waals surface area contributed by atoms with Gasteiger partial charge in [-0.1, -0.05) is 36.4 Å². The summed E-state index contributed by atoms with van der Waals surface area (Å²) in [5.74, 6) is -0.0604. The molecule has 0 heterocycles. The molecule has 4 heteroatoms. The molecule has 0 radical (unpaired) electrons. The normalized spacial score (nSPS) is 32.3. The third-order valence-corrected chi connectivity index (χ3v) is 8.47. The van der Waals surface area contributed by atoms with Crippen LogP contribution in [0.2, 0.25) is 0 Å². The standard InChI is InChI=1S/C31H41F3O/c1-3-5-21-8-13-24(14-9-21)26-17-18-27(31(34)30(26)33)25-15-10-22(11-16-25)6-7-23-12-19-29(35-4-2)28(32)20-23/h3,5-7,17-18,20-25,29H,4,8-16,19H2,1-2H3/b5-3+,7-6+. The Morgan fingerprint density at radius 1 is 0.743 bits per heavy atom. The van der Waals surface area contributed by atoms with Crippen molar-refractivity contribution in [2.45, 2.75) is 96.0 Å². The van der Waals surface area contributed by atoms with Crippen LogP contribution in [-0.2, 0) is 4.74 Å². The van der Waals surface area contributed by atoms with Gasteiger partial charge in [0.1, 0.15) is 11.9 Å². The van der Waals surface area contributed by atoms with Gasteiger partial charge >= 0.3 is 0 Å². The minimum Gasteiger partial charge on any atom is -0.371 e. The number of hydrogen-bond donors (Lipinski definition) is 0. The van der Waals surface area contributed by atoms with Crippen LogP contribution in [0.5, 0.6) is 0 Å². The van der Waals surface area contributed by atoms with Crippen molar-refractivity contribution in [3.63, 3.8) is 0 Å². The molecule has 1 aromatic rings. The average molecular weight is 487 g/mol. The molecule has 4 rings (SSSR count). The molecule has 1 aromatic carbocycles. The highest BCUT2D eigenvalue weighted by atomic mass is 19.2. The minimum absolute atomic E-state index is 0.0765. The molecule has 0 aromatic heterocycles. The summed E-state index contributed by atoms with van der Waals surface area (Å²) in [6.45, 7) is 4.46. The van der Waals surface area contributed by atoms with E-state index in [0.29, 0.717) is 29.6 Å². The Morgan fingerprint density at radius 2 is 1.29 bits per heavy atom. The second-order valence-electron chi connectivity index (χ2n) is 10.7. The van der Waals surface area contributed by atoms with Gasteiger partial charge in [0.2, 0.25) is 0 Å². The van der Waals surface area contributed by atoms with Gasteiger partial charge in [0.25, 0.3) is 0 Å². The summed E-state index contributed by atoms with van der Waals surface area (Å²) in [5, 5.41) is 0. The van der Waals surface area contributed by atoms with Gasteiger partial charge in [0.05, 0.1) is 0 Å². The molecule has 2 unspecified atom stereocenters. The van der Waals surface area contributed by atoms with Gasteiger partial charge in [-0.05, 0) is 125 Å². The van der Waals surface area contributed by atoms with Crippen molar-refractivity contribution in [1.82, 2.24) is 0 Å². The number of allylic oxidation sites excluding steroid dienone is 5. The number of benzene rings is 1. The second-order valence-corrected chi connectivity index (χ2v) is 10.7. The summed E-state index contributed by atoms with van der Waals surface area (Å²) in [6, 6.07) is 3.72. The van der Waals surface area contributed by atoms with E-state index in [2.05, 4.69) is 24.3 Å². The number of halogens is 3. The number of hydrogen-bond acceptors (Lipinski definition) is 1. The fraction of sp³-hybridized carbons (Fsp3) is 0.613. The predicted octanol–water partition coefficient (Wildman–Crippen LogP) is 9.31. The molecule has 3 aliphatic carbocycles. The molecule has 0 aliphatic heterocycles. The first-order valence-electron chi connectivity index (χ1n) is 13.8. The van der Waals surface area contributed by atoms with Crippen LogP contribution in [0.25, 0.3) is 0 Å². The lowest BCUT2D eigenvalue weighted by Crippen LogP contribution is -2.20. The quantitative estimate of drug-likeness (QED) is 0.349. The van der Waals surface area contributed by atoms with Crippen molar-refractivity contribution < 1.29 is 17.9 Å². The van der Waals surface area contributed by atoms with Crippen molar-refractivity contribution in [1.29, 1.82) is 0 Å². The van der Waals surface area contributed by atoms with Gasteiger partial charge in [-0.3, -0.25) is 0 Å². The lowest BCUT2D eigenvalue weighted by Gasteiger charge is -2.30. The SMILES string of the molecule is C/C=C/C1CCC(c2ccc(C3CCC(/C=C/C4C=C(F)C(OCC)CC4)CC3)c(F)c2F)CC1. The zero-order chi connectivity index (χ0) is 24.8. The van der Waals surface area contributed by atoms with Crippen molar-refractivity contribution in [3.8, 4) is 0 Å². The summed E-state index contributed by atoms with van der Waals surface area (Å²) in [5.41, 5.74) is 1.12. The summed E-state index contributed by atoms with van der Waals surface area (Å²) < 4.78 is 49.9. The van der Waals surface area contributed by atoms with Crippen molar-refractivity contribution >= 4 is 0 Å². The van der Waals surface area contributed by atoms with Crippen LogP contribution in [0.1, 0.15) is 101 Å². The van der Waals surface area contributed by atoms with Crippen LogP contribution in [0.3, 0.4) is 0 Å². The van der Waals surface area contributed by atoms with E-state index >= 15 is 8.78 Å². The molecule has 2 saturated carbocycles. The van der Waals surface area contributed by atoms with Gasteiger partial charge in [-0.25, -0.2) is 13.2 Å². The average Bonchev–Trinajstić information content (AvgIpc) is 2.87. The molecule has 2 fully saturated rings. The summed E-state index contributed by atoms with van der Waals surface area (Å²) >= 11 is 0. The zero-order valence-electron chi connectivity index (χ0n) is 21.3. The molecular weight excluding hydrogens is 445 g/mol. The Morgan fingerprint density at radius 3 is 1.77 bits per heavy atom. The predicted molar refractivity (Wildman–Crippen MR) is 137 cm³/mol. The second kappa shape index (κ2) is 12.4. The molecule has 0 saturated heterocycles. The van der Waals surface area contributed by atoms with E-state index in [0.717, 1.165) is 64.2 Å². The highest BCUT2D eigenvalue weighted by molar-refractivity contribution is 5.32. The molecule has 0 spiro atoms. The van der Waals surface area contributed by atoms with Crippen LogP contribution < -0.4 is 0 Å². The summed E-state index contributed by atoms with van der Waals surface area (Å²) in [6.07, 6.45) is 19.2. The molecule has 35 heavy (non-hydrogen) atoms. The van der Waals surface area contributed by atoms with Crippen LogP contribution >= 0.6 is 0 Å². The molecule has 0 bridgehead atoms. The van der Waals surface area contributed by atoms with E-state index in [1.165, 1.54) is 0 Å². The highest BCUT2D eigenvalue weighted by Crippen LogP contribution is 2.42. The van der Waals surface area contributed by atoms with E-state index in [1.54, 1.807) is 6.08 Å². The molecule has 0 amide bonds.